The molecule has 1 atom stereocenters. The second kappa shape index (κ2) is 8.41. The number of amides is 1. The lowest BCUT2D eigenvalue weighted by molar-refractivity contribution is -0.134. The van der Waals surface area contributed by atoms with Gasteiger partial charge in [0.05, 0.1) is 6.04 Å². The van der Waals surface area contributed by atoms with Crippen LogP contribution in [0.1, 0.15) is 12.0 Å². The van der Waals surface area contributed by atoms with Crippen LogP contribution >= 0.6 is 11.8 Å². The molecule has 1 fully saturated rings. The van der Waals surface area contributed by atoms with Crippen molar-refractivity contribution in [2.45, 2.75) is 19.0 Å². The molecule has 21 heavy (non-hydrogen) atoms. The minimum Gasteiger partial charge on any atom is -0.339 e. The Hall–Kier alpha value is -1.04. The summed E-state index contributed by atoms with van der Waals surface area (Å²) in [7, 11) is 0. The summed E-state index contributed by atoms with van der Waals surface area (Å²) < 4.78 is 0. The third kappa shape index (κ3) is 5.02. The second-order valence-corrected chi connectivity index (χ2v) is 6.46. The lowest BCUT2D eigenvalue weighted by Crippen LogP contribution is -2.53. The smallest absolute Gasteiger partial charge is 0.239 e. The zero-order chi connectivity index (χ0) is 15.1. The third-order valence-electron chi connectivity index (χ3n) is 3.88. The highest BCUT2D eigenvalue weighted by atomic mass is 32.2. The van der Waals surface area contributed by atoms with Gasteiger partial charge in [0.2, 0.25) is 5.91 Å². The van der Waals surface area contributed by atoms with Gasteiger partial charge in [-0.1, -0.05) is 30.3 Å². The number of piperazine rings is 1. The zero-order valence-corrected chi connectivity index (χ0v) is 13.5. The number of benzene rings is 1. The van der Waals surface area contributed by atoms with Gasteiger partial charge in [-0.15, -0.1) is 0 Å². The van der Waals surface area contributed by atoms with E-state index in [1.165, 1.54) is 5.56 Å². The van der Waals surface area contributed by atoms with E-state index in [0.29, 0.717) is 0 Å². The van der Waals surface area contributed by atoms with Crippen LogP contribution in [-0.4, -0.2) is 59.9 Å². The van der Waals surface area contributed by atoms with E-state index in [4.69, 9.17) is 5.73 Å². The standard InChI is InChI=1S/C16H25N3OS/c1-21-12-7-15(17)16(20)19-10-8-18(9-11-19)13-14-5-3-2-4-6-14/h2-6,15H,7-13,17H2,1H3/t15-/m1/s1. The minimum absolute atomic E-state index is 0.114. The third-order valence-corrected chi connectivity index (χ3v) is 4.53. The Kier molecular flexibility index (Phi) is 6.54. The minimum atomic E-state index is -0.335. The molecule has 5 heteroatoms. The molecule has 0 saturated carbocycles. The molecule has 0 aromatic heterocycles. The van der Waals surface area contributed by atoms with Crippen LogP contribution in [0, 0.1) is 0 Å². The molecule has 1 aromatic rings. The Labute approximate surface area is 131 Å². The normalized spacial score (nSPS) is 17.7. The highest BCUT2D eigenvalue weighted by Gasteiger charge is 2.24. The van der Waals surface area contributed by atoms with E-state index in [-0.39, 0.29) is 11.9 Å². The SMILES string of the molecule is CSCC[C@@H](N)C(=O)N1CCN(Cc2ccccc2)CC1. The predicted molar refractivity (Wildman–Crippen MR) is 89.3 cm³/mol. The molecular formula is C16H25N3OS. The first kappa shape index (κ1) is 16.3. The summed E-state index contributed by atoms with van der Waals surface area (Å²) in [5.41, 5.74) is 7.30. The van der Waals surface area contributed by atoms with Crippen LogP contribution in [0.2, 0.25) is 0 Å². The van der Waals surface area contributed by atoms with Gasteiger partial charge in [-0.2, -0.15) is 11.8 Å². The Morgan fingerprint density at radius 2 is 1.90 bits per heavy atom. The van der Waals surface area contributed by atoms with Gasteiger partial charge in [-0.3, -0.25) is 9.69 Å². The van der Waals surface area contributed by atoms with E-state index in [0.717, 1.165) is 44.9 Å². The van der Waals surface area contributed by atoms with Crippen molar-refractivity contribution in [3.63, 3.8) is 0 Å². The summed E-state index contributed by atoms with van der Waals surface area (Å²) in [6.07, 6.45) is 2.81. The van der Waals surface area contributed by atoms with Gasteiger partial charge < -0.3 is 10.6 Å². The van der Waals surface area contributed by atoms with Gasteiger partial charge in [0.15, 0.2) is 0 Å². The van der Waals surface area contributed by atoms with Crippen LogP contribution in [0.3, 0.4) is 0 Å². The maximum absolute atomic E-state index is 12.2. The van der Waals surface area contributed by atoms with Crippen LogP contribution in [0.5, 0.6) is 0 Å². The molecule has 1 aliphatic rings. The first-order valence-corrected chi connectivity index (χ1v) is 8.89. The fraction of sp³-hybridized carbons (Fsp3) is 0.562. The van der Waals surface area contributed by atoms with Gasteiger partial charge in [0.25, 0.3) is 0 Å². The molecule has 2 rings (SSSR count). The fourth-order valence-corrected chi connectivity index (χ4v) is 3.06. The van der Waals surface area contributed by atoms with E-state index < -0.39 is 0 Å². The first-order valence-electron chi connectivity index (χ1n) is 7.50. The van der Waals surface area contributed by atoms with Crippen molar-refractivity contribution >= 4 is 17.7 Å². The number of thioether (sulfide) groups is 1. The van der Waals surface area contributed by atoms with Gasteiger partial charge in [-0.05, 0) is 24.0 Å². The van der Waals surface area contributed by atoms with Crippen molar-refractivity contribution in [3.05, 3.63) is 35.9 Å². The molecule has 0 bridgehead atoms. The summed E-state index contributed by atoms with van der Waals surface area (Å²) in [5.74, 6) is 1.06. The summed E-state index contributed by atoms with van der Waals surface area (Å²) in [6.45, 7) is 4.39. The molecule has 116 valence electrons. The molecule has 1 amide bonds. The van der Waals surface area contributed by atoms with E-state index in [1.807, 2.05) is 17.2 Å². The van der Waals surface area contributed by atoms with Gasteiger partial charge >= 0.3 is 0 Å². The molecule has 1 aliphatic heterocycles. The van der Waals surface area contributed by atoms with E-state index >= 15 is 0 Å². The number of nitrogens with zero attached hydrogens (tertiary/aromatic N) is 2. The van der Waals surface area contributed by atoms with Crippen LogP contribution < -0.4 is 5.73 Å². The maximum atomic E-state index is 12.2. The summed E-state index contributed by atoms with van der Waals surface area (Å²) in [5, 5.41) is 0. The summed E-state index contributed by atoms with van der Waals surface area (Å²) in [6, 6.07) is 10.1. The fourth-order valence-electron chi connectivity index (χ4n) is 2.57. The molecule has 0 aliphatic carbocycles. The average Bonchev–Trinajstić information content (AvgIpc) is 2.53. The molecule has 1 saturated heterocycles. The van der Waals surface area contributed by atoms with Crippen molar-refractivity contribution in [2.75, 3.05) is 38.2 Å². The number of carbonyl (C=O) groups excluding carboxylic acids is 1. The van der Waals surface area contributed by atoms with Crippen LogP contribution in [0.25, 0.3) is 0 Å². The number of hydrogen-bond donors (Lipinski definition) is 1. The average molecular weight is 307 g/mol. The van der Waals surface area contributed by atoms with Gasteiger partial charge in [0, 0.05) is 32.7 Å². The largest absolute Gasteiger partial charge is 0.339 e. The lowest BCUT2D eigenvalue weighted by atomic mass is 10.1. The molecule has 2 N–H and O–H groups in total. The molecular weight excluding hydrogens is 282 g/mol. The molecule has 1 heterocycles. The Morgan fingerprint density at radius 3 is 2.52 bits per heavy atom. The van der Waals surface area contributed by atoms with Crippen LogP contribution in [-0.2, 0) is 11.3 Å². The van der Waals surface area contributed by atoms with Crippen molar-refractivity contribution in [1.29, 1.82) is 0 Å². The molecule has 0 radical (unpaired) electrons. The molecule has 0 unspecified atom stereocenters. The second-order valence-electron chi connectivity index (χ2n) is 5.47. The Bertz CT molecular complexity index is 432. The summed E-state index contributed by atoms with van der Waals surface area (Å²) >= 11 is 1.74. The topological polar surface area (TPSA) is 49.6 Å². The zero-order valence-electron chi connectivity index (χ0n) is 12.7. The van der Waals surface area contributed by atoms with Crippen molar-refractivity contribution < 1.29 is 4.79 Å². The molecule has 4 nitrogen and oxygen atoms in total. The molecule has 1 aromatic carbocycles. The summed E-state index contributed by atoms with van der Waals surface area (Å²) in [4.78, 5) is 16.6. The number of hydrogen-bond acceptors (Lipinski definition) is 4. The van der Waals surface area contributed by atoms with E-state index in [9.17, 15) is 4.79 Å². The number of rotatable bonds is 6. The van der Waals surface area contributed by atoms with Gasteiger partial charge in [0.1, 0.15) is 0 Å². The predicted octanol–water partition coefficient (Wildman–Crippen LogP) is 1.41. The van der Waals surface area contributed by atoms with Gasteiger partial charge in [-0.25, -0.2) is 0 Å². The van der Waals surface area contributed by atoms with Crippen molar-refractivity contribution in [3.8, 4) is 0 Å². The number of carbonyl (C=O) groups is 1. The monoisotopic (exact) mass is 307 g/mol. The van der Waals surface area contributed by atoms with Crippen LogP contribution in [0.4, 0.5) is 0 Å². The van der Waals surface area contributed by atoms with Crippen molar-refractivity contribution in [1.82, 2.24) is 9.80 Å². The van der Waals surface area contributed by atoms with Crippen molar-refractivity contribution in [2.24, 2.45) is 5.73 Å². The quantitative estimate of drug-likeness (QED) is 0.863. The highest BCUT2D eigenvalue weighted by molar-refractivity contribution is 7.98. The number of nitrogens with two attached hydrogens (primary N) is 1. The maximum Gasteiger partial charge on any atom is 0.239 e. The molecule has 0 spiro atoms. The highest BCUT2D eigenvalue weighted by Crippen LogP contribution is 2.10. The first-order chi connectivity index (χ1) is 10.2. The Morgan fingerprint density at radius 1 is 1.24 bits per heavy atom. The lowest BCUT2D eigenvalue weighted by Gasteiger charge is -2.36. The van der Waals surface area contributed by atoms with E-state index in [1.54, 1.807) is 11.8 Å². The van der Waals surface area contributed by atoms with Crippen LogP contribution in [0.15, 0.2) is 30.3 Å². The van der Waals surface area contributed by atoms with E-state index in [2.05, 4.69) is 29.2 Å². The Balaban J connectivity index is 1.76.